The van der Waals surface area contributed by atoms with Gasteiger partial charge in [0.05, 0.1) is 47.1 Å². The van der Waals surface area contributed by atoms with Crippen molar-refractivity contribution in [2.45, 2.75) is 13.1 Å². The number of halogens is 2. The second kappa shape index (κ2) is 18.2. The van der Waals surface area contributed by atoms with Gasteiger partial charge in [-0.3, -0.25) is 9.97 Å². The number of amides is 1. The molecule has 0 aliphatic carbocycles. The lowest BCUT2D eigenvalue weighted by atomic mass is 10.3. The Morgan fingerprint density at radius 3 is 1.55 bits per heavy atom. The van der Waals surface area contributed by atoms with Crippen LogP contribution in [0.2, 0.25) is 0 Å². The quantitative estimate of drug-likeness (QED) is 0.0975. The predicted molar refractivity (Wildman–Crippen MR) is 232 cm³/mol. The molecule has 4 aromatic heterocycles. The number of hydrogen-bond acceptors (Lipinski definition) is 11. The van der Waals surface area contributed by atoms with E-state index >= 15 is 0 Å². The third kappa shape index (κ3) is 9.90. The number of methoxy groups -OCH3 is 1. The fourth-order valence-corrected chi connectivity index (χ4v) is 6.32. The highest BCUT2D eigenvalue weighted by molar-refractivity contribution is 9.10. The smallest absolute Gasteiger partial charge is 0.407 e. The van der Waals surface area contributed by atoms with Crippen LogP contribution in [0.15, 0.2) is 131 Å². The van der Waals surface area contributed by atoms with Gasteiger partial charge < -0.3 is 45.0 Å². The molecular weight excluding hydrogens is 868 g/mol. The molecule has 0 aliphatic rings. The normalized spacial score (nSPS) is 10.8. The molecule has 0 saturated carbocycles. The molecule has 8 aromatic rings. The van der Waals surface area contributed by atoms with E-state index in [1.165, 1.54) is 7.11 Å². The van der Waals surface area contributed by atoms with E-state index in [-0.39, 0.29) is 6.54 Å². The number of aromatic nitrogens is 6. The number of nitrogens with zero attached hydrogens (tertiary/aromatic N) is 6. The van der Waals surface area contributed by atoms with Gasteiger partial charge in [-0.15, -0.1) is 0 Å². The summed E-state index contributed by atoms with van der Waals surface area (Å²) < 4.78 is 22.5. The first kappa shape index (κ1) is 39.7. The first-order valence-corrected chi connectivity index (χ1v) is 19.5. The second-order valence-electron chi connectivity index (χ2n) is 12.8. The summed E-state index contributed by atoms with van der Waals surface area (Å²) in [5, 5.41) is 9.27. The third-order valence-electron chi connectivity index (χ3n) is 8.76. The Morgan fingerprint density at radius 2 is 1.09 bits per heavy atom. The first-order valence-electron chi connectivity index (χ1n) is 17.9. The zero-order chi connectivity index (χ0) is 40.6. The molecule has 0 spiro atoms. The maximum Gasteiger partial charge on any atom is 0.407 e. The number of nitrogens with one attached hydrogen (secondary N) is 3. The van der Waals surface area contributed by atoms with Crippen molar-refractivity contribution < 1.29 is 19.0 Å². The molecule has 1 amide bonds. The number of alkyl carbamates (subject to hydrolysis) is 1. The maximum absolute atomic E-state index is 11.2. The summed E-state index contributed by atoms with van der Waals surface area (Å²) in [7, 11) is 5.25. The van der Waals surface area contributed by atoms with E-state index in [4.69, 9.17) is 25.2 Å². The van der Waals surface area contributed by atoms with Crippen LogP contribution in [-0.2, 0) is 31.9 Å². The van der Waals surface area contributed by atoms with E-state index in [0.717, 1.165) is 60.0 Å². The van der Waals surface area contributed by atoms with Crippen molar-refractivity contribution >= 4 is 83.3 Å². The molecule has 14 nitrogen and oxygen atoms in total. The summed E-state index contributed by atoms with van der Waals surface area (Å²) in [6.45, 7) is 0.621. The van der Waals surface area contributed by atoms with E-state index in [1.807, 2.05) is 120 Å². The average molecular weight is 907 g/mol. The van der Waals surface area contributed by atoms with Crippen LogP contribution in [0.3, 0.4) is 0 Å². The Hall–Kier alpha value is -6.49. The lowest BCUT2D eigenvalue weighted by Crippen LogP contribution is -2.22. The van der Waals surface area contributed by atoms with E-state index in [2.05, 4.69) is 62.5 Å². The molecule has 0 radical (unpaired) electrons. The molecule has 0 bridgehead atoms. The van der Waals surface area contributed by atoms with Gasteiger partial charge in [0.15, 0.2) is 0 Å². The van der Waals surface area contributed by atoms with E-state index < -0.39 is 6.09 Å². The van der Waals surface area contributed by atoms with Crippen LogP contribution in [0.4, 0.5) is 28.1 Å². The summed E-state index contributed by atoms with van der Waals surface area (Å²) in [4.78, 5) is 29.0. The molecule has 0 atom stereocenters. The van der Waals surface area contributed by atoms with Gasteiger partial charge in [0.1, 0.15) is 23.0 Å². The van der Waals surface area contributed by atoms with Crippen LogP contribution >= 0.6 is 31.9 Å². The van der Waals surface area contributed by atoms with E-state index in [0.29, 0.717) is 35.2 Å². The van der Waals surface area contributed by atoms with Crippen LogP contribution in [0.5, 0.6) is 23.0 Å². The van der Waals surface area contributed by atoms with Crippen molar-refractivity contribution in [2.75, 3.05) is 17.7 Å². The Labute approximate surface area is 350 Å². The summed E-state index contributed by atoms with van der Waals surface area (Å²) in [5.41, 5.74) is 12.6. The molecule has 0 unspecified atom stereocenters. The van der Waals surface area contributed by atoms with E-state index in [9.17, 15) is 4.79 Å². The molecule has 8 rings (SSSR count). The molecule has 58 heavy (non-hydrogen) atoms. The topological polar surface area (TPSA) is 168 Å². The average Bonchev–Trinajstić information content (AvgIpc) is 3.71. The van der Waals surface area contributed by atoms with Crippen LogP contribution in [0.25, 0.3) is 22.1 Å². The number of nitrogens with two attached hydrogens (primary N) is 1. The number of fused-ring (bicyclic) bond motifs is 2. The summed E-state index contributed by atoms with van der Waals surface area (Å²) >= 11 is 6.88. The lowest BCUT2D eigenvalue weighted by Gasteiger charge is -2.08. The zero-order valence-electron chi connectivity index (χ0n) is 31.6. The number of ether oxygens (including phenoxy) is 3. The molecule has 4 aromatic carbocycles. The van der Waals surface area contributed by atoms with Crippen molar-refractivity contribution in [2.24, 2.45) is 19.8 Å². The standard InChI is InChI=1S/C22H20BrN5O3.C20H18BrN5O/c1-28-20-8-7-17(31-18-9-10-24-16(11-18)13-25-22(29)30-2)12-19(20)27-21(28)26-15-5-3-14(23)4-6-15;1-26-19-7-6-16(27-17-8-9-23-15(10-17)12-22)11-18(19)25-20(26)24-14-4-2-13(21)3-5-14/h3-12H,13H2,1-2H3,(H,25,29)(H,26,27);2-11H,12,22H2,1H3,(H,24,25). The fourth-order valence-electron chi connectivity index (χ4n) is 5.79. The first-order chi connectivity index (χ1) is 28.1. The minimum Gasteiger partial charge on any atom is -0.457 e. The Balaban J connectivity index is 0.000000178. The summed E-state index contributed by atoms with van der Waals surface area (Å²) in [5.74, 6) is 4.17. The third-order valence-corrected chi connectivity index (χ3v) is 9.82. The molecule has 16 heteroatoms. The number of hydrogen-bond donors (Lipinski definition) is 4. The SMILES string of the molecule is COC(=O)NCc1cc(Oc2ccc3c(c2)nc(Nc2ccc(Br)cc2)n3C)ccn1.Cn1c(Nc2ccc(Br)cc2)nc2cc(Oc3ccnc(CN)c3)ccc21. The molecule has 0 fully saturated rings. The Bertz CT molecular complexity index is 2690. The van der Waals surface area contributed by atoms with Gasteiger partial charge in [-0.05, 0) is 84.9 Å². The molecule has 5 N–H and O–H groups in total. The predicted octanol–water partition coefficient (Wildman–Crippen LogP) is 9.85. The van der Waals surface area contributed by atoms with Gasteiger partial charge in [0.2, 0.25) is 11.9 Å². The minimum atomic E-state index is -0.513. The molecule has 4 heterocycles. The minimum absolute atomic E-state index is 0.244. The highest BCUT2D eigenvalue weighted by Crippen LogP contribution is 2.30. The van der Waals surface area contributed by atoms with Crippen molar-refractivity contribution in [1.82, 2.24) is 34.4 Å². The van der Waals surface area contributed by atoms with Crippen molar-refractivity contribution in [3.05, 3.63) is 142 Å². The number of pyridine rings is 2. The number of anilines is 4. The van der Waals surface area contributed by atoms with Gasteiger partial charge in [0.25, 0.3) is 0 Å². The van der Waals surface area contributed by atoms with E-state index in [1.54, 1.807) is 24.5 Å². The highest BCUT2D eigenvalue weighted by atomic mass is 79.9. The second-order valence-corrected chi connectivity index (χ2v) is 14.6. The number of rotatable bonds is 11. The van der Waals surface area contributed by atoms with Crippen molar-refractivity contribution in [3.8, 4) is 23.0 Å². The van der Waals surface area contributed by atoms with Crippen LogP contribution in [0, 0.1) is 0 Å². The van der Waals surface area contributed by atoms with Gasteiger partial charge in [-0.25, -0.2) is 14.8 Å². The molecular formula is C42H38Br2N10O4. The fraction of sp³-hybridized carbons (Fsp3) is 0.119. The Kier molecular flexibility index (Phi) is 12.5. The lowest BCUT2D eigenvalue weighted by molar-refractivity contribution is 0.170. The largest absolute Gasteiger partial charge is 0.457 e. The van der Waals surface area contributed by atoms with Crippen molar-refractivity contribution in [3.63, 3.8) is 0 Å². The van der Waals surface area contributed by atoms with Gasteiger partial charge in [-0.2, -0.15) is 0 Å². The van der Waals surface area contributed by atoms with Gasteiger partial charge in [-0.1, -0.05) is 31.9 Å². The molecule has 0 aliphatic heterocycles. The zero-order valence-corrected chi connectivity index (χ0v) is 34.8. The van der Waals surface area contributed by atoms with Gasteiger partial charge in [0, 0.05) is 77.6 Å². The number of aryl methyl sites for hydroxylation is 2. The highest BCUT2D eigenvalue weighted by Gasteiger charge is 2.12. The maximum atomic E-state index is 11.2. The summed E-state index contributed by atoms with van der Waals surface area (Å²) in [6, 6.07) is 34.6. The molecule has 294 valence electrons. The monoisotopic (exact) mass is 904 g/mol. The van der Waals surface area contributed by atoms with Gasteiger partial charge >= 0.3 is 6.09 Å². The van der Waals surface area contributed by atoms with Crippen molar-refractivity contribution in [1.29, 1.82) is 0 Å². The Morgan fingerprint density at radius 1 is 0.638 bits per heavy atom. The number of carbonyl (C=O) groups is 1. The van der Waals surface area contributed by atoms with Crippen LogP contribution in [0.1, 0.15) is 11.4 Å². The molecule has 0 saturated heterocycles. The van der Waals surface area contributed by atoms with Crippen LogP contribution < -0.4 is 31.2 Å². The van der Waals surface area contributed by atoms with Crippen LogP contribution in [-0.4, -0.2) is 42.3 Å². The number of benzene rings is 4. The summed E-state index contributed by atoms with van der Waals surface area (Å²) in [6.07, 6.45) is 2.81. The number of carbonyl (C=O) groups excluding carboxylic acids is 1. The number of imidazole rings is 2.